The van der Waals surface area contributed by atoms with Crippen molar-refractivity contribution in [2.24, 2.45) is 0 Å². The van der Waals surface area contributed by atoms with Crippen molar-refractivity contribution in [1.29, 1.82) is 0 Å². The summed E-state index contributed by atoms with van der Waals surface area (Å²) in [7, 11) is 0. The maximum Gasteiger partial charge on any atom is 0.411 e. The number of carbonyl (C=O) groups is 2. The van der Waals surface area contributed by atoms with Crippen LogP contribution in [0.15, 0.2) is 18.2 Å². The molecule has 0 aliphatic heterocycles. The van der Waals surface area contributed by atoms with E-state index in [9.17, 15) is 14.0 Å². The van der Waals surface area contributed by atoms with Crippen molar-refractivity contribution in [3.8, 4) is 0 Å². The second kappa shape index (κ2) is 6.76. The second-order valence-corrected chi connectivity index (χ2v) is 5.84. The SMILES string of the molecule is CC(C)(C)OC(=O)N(CC(=O)O)Cc1c(F)cccc1Cl. The Labute approximate surface area is 127 Å². The lowest BCUT2D eigenvalue weighted by Gasteiger charge is -2.26. The molecule has 21 heavy (non-hydrogen) atoms. The van der Waals surface area contributed by atoms with Gasteiger partial charge in [-0.1, -0.05) is 17.7 Å². The molecular formula is C14H17ClFNO4. The zero-order chi connectivity index (χ0) is 16.2. The number of amides is 1. The first kappa shape index (κ1) is 17.2. The molecule has 0 radical (unpaired) electrons. The third-order valence-electron chi connectivity index (χ3n) is 2.39. The molecule has 0 aliphatic carbocycles. The highest BCUT2D eigenvalue weighted by atomic mass is 35.5. The van der Waals surface area contributed by atoms with E-state index in [0.29, 0.717) is 0 Å². The van der Waals surface area contributed by atoms with Gasteiger partial charge < -0.3 is 9.84 Å². The molecule has 0 heterocycles. The number of hydrogen-bond donors (Lipinski definition) is 1. The Morgan fingerprint density at radius 1 is 1.38 bits per heavy atom. The van der Waals surface area contributed by atoms with Crippen molar-refractivity contribution in [1.82, 2.24) is 4.90 Å². The van der Waals surface area contributed by atoms with Gasteiger partial charge in [-0.05, 0) is 32.9 Å². The highest BCUT2D eigenvalue weighted by Crippen LogP contribution is 2.21. The van der Waals surface area contributed by atoms with Gasteiger partial charge in [-0.2, -0.15) is 0 Å². The van der Waals surface area contributed by atoms with E-state index in [0.717, 1.165) is 4.90 Å². The largest absolute Gasteiger partial charge is 0.480 e. The topological polar surface area (TPSA) is 66.8 Å². The van der Waals surface area contributed by atoms with E-state index < -0.39 is 30.0 Å². The fourth-order valence-electron chi connectivity index (χ4n) is 1.55. The minimum atomic E-state index is -1.23. The van der Waals surface area contributed by atoms with Crippen molar-refractivity contribution >= 4 is 23.7 Å². The third-order valence-corrected chi connectivity index (χ3v) is 2.74. The van der Waals surface area contributed by atoms with E-state index in [4.69, 9.17) is 21.4 Å². The highest BCUT2D eigenvalue weighted by Gasteiger charge is 2.25. The quantitative estimate of drug-likeness (QED) is 0.925. The van der Waals surface area contributed by atoms with Crippen molar-refractivity contribution in [3.63, 3.8) is 0 Å². The van der Waals surface area contributed by atoms with E-state index in [1.807, 2.05) is 0 Å². The Bertz CT molecular complexity index is 522. The van der Waals surface area contributed by atoms with Crippen LogP contribution in [0.4, 0.5) is 9.18 Å². The molecule has 1 rings (SSSR count). The molecule has 0 aromatic heterocycles. The maximum absolute atomic E-state index is 13.7. The van der Waals surface area contributed by atoms with Crippen LogP contribution in [-0.2, 0) is 16.1 Å². The average molecular weight is 318 g/mol. The molecule has 1 aromatic rings. The number of hydrogen-bond acceptors (Lipinski definition) is 3. The minimum absolute atomic E-state index is 0.0475. The lowest BCUT2D eigenvalue weighted by molar-refractivity contribution is -0.138. The van der Waals surface area contributed by atoms with Gasteiger partial charge in [0.1, 0.15) is 18.0 Å². The van der Waals surface area contributed by atoms with E-state index >= 15 is 0 Å². The number of rotatable bonds is 4. The minimum Gasteiger partial charge on any atom is -0.480 e. The van der Waals surface area contributed by atoms with E-state index in [1.54, 1.807) is 20.8 Å². The molecule has 0 saturated carbocycles. The standard InChI is InChI=1S/C14H17ClFNO4/c1-14(2,3)21-13(20)17(8-12(18)19)7-9-10(15)5-4-6-11(9)16/h4-6H,7-8H2,1-3H3,(H,18,19). The summed E-state index contributed by atoms with van der Waals surface area (Å²) in [5, 5.41) is 8.99. The van der Waals surface area contributed by atoms with Crippen LogP contribution in [0.3, 0.4) is 0 Å². The lowest BCUT2D eigenvalue weighted by atomic mass is 10.2. The monoisotopic (exact) mass is 317 g/mol. The summed E-state index contributed by atoms with van der Waals surface area (Å²) in [5.41, 5.74) is -0.737. The highest BCUT2D eigenvalue weighted by molar-refractivity contribution is 6.31. The number of carbonyl (C=O) groups excluding carboxylic acids is 1. The molecular weight excluding hydrogens is 301 g/mol. The number of halogens is 2. The third kappa shape index (κ3) is 5.59. The molecule has 0 spiro atoms. The van der Waals surface area contributed by atoms with Crippen LogP contribution in [0, 0.1) is 5.82 Å². The Hall–Kier alpha value is -1.82. The van der Waals surface area contributed by atoms with E-state index in [2.05, 4.69) is 0 Å². The van der Waals surface area contributed by atoms with Crippen molar-refractivity contribution < 1.29 is 23.8 Å². The molecule has 1 amide bonds. The predicted octanol–water partition coefficient (Wildman–Crippen LogP) is 3.30. The molecule has 0 unspecified atom stereocenters. The number of carboxylic acids is 1. The Balaban J connectivity index is 2.98. The van der Waals surface area contributed by atoms with Crippen LogP contribution in [0.25, 0.3) is 0 Å². The number of carboxylic acid groups (broad SMARTS) is 1. The zero-order valence-corrected chi connectivity index (χ0v) is 12.8. The summed E-state index contributed by atoms with van der Waals surface area (Å²) in [6.07, 6.45) is -0.843. The fourth-order valence-corrected chi connectivity index (χ4v) is 1.77. The number of nitrogens with zero attached hydrogens (tertiary/aromatic N) is 1. The first-order valence-corrected chi connectivity index (χ1v) is 6.60. The molecule has 0 aliphatic rings. The van der Waals surface area contributed by atoms with Crippen LogP contribution < -0.4 is 0 Å². The van der Waals surface area contributed by atoms with Crippen LogP contribution in [-0.4, -0.2) is 34.2 Å². The first-order valence-electron chi connectivity index (χ1n) is 6.23. The number of ether oxygens (including phenoxy) is 1. The van der Waals surface area contributed by atoms with Gasteiger partial charge in [0.25, 0.3) is 0 Å². The van der Waals surface area contributed by atoms with Crippen molar-refractivity contribution in [2.75, 3.05) is 6.54 Å². The molecule has 0 atom stereocenters. The van der Waals surface area contributed by atoms with E-state index in [-0.39, 0.29) is 17.1 Å². The molecule has 0 saturated heterocycles. The normalized spacial score (nSPS) is 11.1. The lowest BCUT2D eigenvalue weighted by Crippen LogP contribution is -2.39. The van der Waals surface area contributed by atoms with Crippen LogP contribution in [0.1, 0.15) is 26.3 Å². The summed E-state index contributed by atoms with van der Waals surface area (Å²) in [5.74, 6) is -1.84. The zero-order valence-electron chi connectivity index (χ0n) is 12.0. The summed E-state index contributed by atoms with van der Waals surface area (Å²) >= 11 is 5.88. The first-order chi connectivity index (χ1) is 9.60. The molecule has 0 fully saturated rings. The smallest absolute Gasteiger partial charge is 0.411 e. The van der Waals surface area contributed by atoms with Gasteiger partial charge in [-0.25, -0.2) is 9.18 Å². The van der Waals surface area contributed by atoms with Gasteiger partial charge in [0.15, 0.2) is 0 Å². The molecule has 5 nitrogen and oxygen atoms in total. The Morgan fingerprint density at radius 2 is 2.00 bits per heavy atom. The van der Waals surface area contributed by atoms with Crippen molar-refractivity contribution in [2.45, 2.75) is 32.9 Å². The van der Waals surface area contributed by atoms with Gasteiger partial charge in [0, 0.05) is 10.6 Å². The number of benzene rings is 1. The summed E-state index contributed by atoms with van der Waals surface area (Å²) in [6.45, 7) is 4.06. The average Bonchev–Trinajstić information content (AvgIpc) is 2.29. The maximum atomic E-state index is 13.7. The Kier molecular flexibility index (Phi) is 5.54. The molecule has 1 aromatic carbocycles. The van der Waals surface area contributed by atoms with Crippen LogP contribution in [0.2, 0.25) is 5.02 Å². The predicted molar refractivity (Wildman–Crippen MR) is 75.7 cm³/mol. The second-order valence-electron chi connectivity index (χ2n) is 5.43. The van der Waals surface area contributed by atoms with Gasteiger partial charge >= 0.3 is 12.1 Å². The van der Waals surface area contributed by atoms with Gasteiger partial charge in [0.2, 0.25) is 0 Å². The molecule has 116 valence electrons. The summed E-state index contributed by atoms with van der Waals surface area (Å²) in [4.78, 5) is 23.7. The van der Waals surface area contributed by atoms with Crippen LogP contribution in [0.5, 0.6) is 0 Å². The van der Waals surface area contributed by atoms with Crippen molar-refractivity contribution in [3.05, 3.63) is 34.6 Å². The Morgan fingerprint density at radius 3 is 2.48 bits per heavy atom. The summed E-state index contributed by atoms with van der Waals surface area (Å²) < 4.78 is 18.8. The summed E-state index contributed by atoms with van der Waals surface area (Å²) in [6, 6.07) is 4.08. The number of aliphatic carboxylic acids is 1. The van der Waals surface area contributed by atoms with Gasteiger partial charge in [-0.15, -0.1) is 0 Å². The van der Waals surface area contributed by atoms with Crippen LogP contribution >= 0.6 is 11.6 Å². The van der Waals surface area contributed by atoms with Gasteiger partial charge in [0.05, 0.1) is 6.54 Å². The fraction of sp³-hybridized carbons (Fsp3) is 0.429. The molecule has 0 bridgehead atoms. The molecule has 7 heteroatoms. The molecule has 1 N–H and O–H groups in total. The van der Waals surface area contributed by atoms with E-state index in [1.165, 1.54) is 18.2 Å². The van der Waals surface area contributed by atoms with Gasteiger partial charge in [-0.3, -0.25) is 9.69 Å².